The maximum atomic E-state index is 15.7. The molecule has 0 bridgehead atoms. The Morgan fingerprint density at radius 2 is 1.44 bits per heavy atom. The molecular formula is C14H29FN2S. The second-order valence-corrected chi connectivity index (χ2v) is 10.00. The van der Waals surface area contributed by atoms with E-state index in [0.29, 0.717) is 0 Å². The van der Waals surface area contributed by atoms with Gasteiger partial charge < -0.3 is 0 Å². The molecule has 0 saturated carbocycles. The molecule has 0 atom stereocenters. The van der Waals surface area contributed by atoms with Gasteiger partial charge in [0.1, 0.15) is 5.03 Å². The Labute approximate surface area is 114 Å². The van der Waals surface area contributed by atoms with Gasteiger partial charge in [-0.05, 0) is 58.0 Å². The number of hydrogen-bond donors (Lipinski definition) is 0. The summed E-state index contributed by atoms with van der Waals surface area (Å²) in [7, 11) is -0.623. The van der Waals surface area contributed by atoms with Gasteiger partial charge in [0.2, 0.25) is 0 Å². The first-order valence-corrected chi connectivity index (χ1v) is 8.05. The van der Waals surface area contributed by atoms with Crippen molar-refractivity contribution in [2.45, 2.75) is 69.9 Å². The number of halogens is 1. The van der Waals surface area contributed by atoms with Crippen molar-refractivity contribution in [3.05, 3.63) is 12.3 Å². The summed E-state index contributed by atoms with van der Waals surface area (Å²) in [6.07, 6.45) is 1.67. The van der Waals surface area contributed by atoms with E-state index in [-0.39, 0.29) is 9.49 Å². The summed E-state index contributed by atoms with van der Waals surface area (Å²) in [6, 6.07) is 1.81. The topological polar surface area (TPSA) is 17.8 Å². The lowest BCUT2D eigenvalue weighted by Gasteiger charge is -2.51. The van der Waals surface area contributed by atoms with Crippen molar-refractivity contribution in [1.82, 2.24) is 9.78 Å². The Hall–Kier alpha value is -0.510. The summed E-state index contributed by atoms with van der Waals surface area (Å²) in [5, 5.41) is 4.84. The summed E-state index contributed by atoms with van der Waals surface area (Å²) in [4.78, 5) is 0. The quantitative estimate of drug-likeness (QED) is 0.698. The second-order valence-electron chi connectivity index (χ2n) is 6.06. The lowest BCUT2D eigenvalue weighted by Crippen LogP contribution is -2.36. The van der Waals surface area contributed by atoms with E-state index in [1.165, 1.54) is 0 Å². The van der Waals surface area contributed by atoms with Crippen molar-refractivity contribution >= 4 is 10.4 Å². The van der Waals surface area contributed by atoms with Crippen LogP contribution in [0.25, 0.3) is 0 Å². The van der Waals surface area contributed by atoms with E-state index in [1.54, 1.807) is 10.9 Å². The largest absolute Gasteiger partial charge is 0.261 e. The van der Waals surface area contributed by atoms with Gasteiger partial charge in [0.05, 0.1) is 6.20 Å². The minimum absolute atomic E-state index is 0.390. The fourth-order valence-electron chi connectivity index (χ4n) is 2.18. The van der Waals surface area contributed by atoms with E-state index in [9.17, 15) is 0 Å². The fraction of sp³-hybridized carbons (Fsp3) is 0.786. The van der Waals surface area contributed by atoms with E-state index in [0.717, 1.165) is 5.03 Å². The third kappa shape index (κ3) is 2.90. The highest BCUT2D eigenvalue weighted by Crippen LogP contribution is 2.73. The molecule has 0 radical (unpaired) electrons. The normalized spacial score (nSPS) is 13.9. The molecule has 0 aliphatic heterocycles. The monoisotopic (exact) mass is 276 g/mol. The van der Waals surface area contributed by atoms with Crippen LogP contribution < -0.4 is 0 Å². The molecule has 0 aliphatic carbocycles. The number of hydrogen-bond acceptors (Lipinski definition) is 1. The zero-order chi connectivity index (χ0) is 14.8. The minimum atomic E-state index is -2.44. The van der Waals surface area contributed by atoms with Crippen LogP contribution in [0.4, 0.5) is 3.89 Å². The molecular weight excluding hydrogens is 247 g/mol. The Kier molecular flexibility index (Phi) is 5.48. The molecule has 1 rings (SSSR count). The molecule has 0 N–H and O–H groups in total. The molecule has 1 aromatic rings. The highest BCUT2D eigenvalue weighted by molar-refractivity contribution is 8.31. The molecule has 0 aliphatic rings. The van der Waals surface area contributed by atoms with Gasteiger partial charge in [-0.3, -0.25) is 4.68 Å². The summed E-state index contributed by atoms with van der Waals surface area (Å²) >= 11 is 0. The number of aryl methyl sites for hydroxylation is 1. The van der Waals surface area contributed by atoms with Crippen LogP contribution in [0.15, 0.2) is 17.3 Å². The average Bonchev–Trinajstić information content (AvgIpc) is 2.63. The van der Waals surface area contributed by atoms with Gasteiger partial charge in [-0.2, -0.15) is 8.98 Å². The molecule has 108 valence electrons. The highest BCUT2D eigenvalue weighted by atomic mass is 32.3. The van der Waals surface area contributed by atoms with Crippen LogP contribution in [0.2, 0.25) is 0 Å². The molecule has 1 heterocycles. The zero-order valence-electron chi connectivity index (χ0n) is 13.3. The Balaban J connectivity index is 0.00000137. The van der Waals surface area contributed by atoms with Crippen molar-refractivity contribution in [3.8, 4) is 0 Å². The fourth-order valence-corrected chi connectivity index (χ4v) is 5.94. The van der Waals surface area contributed by atoms with Gasteiger partial charge in [0.25, 0.3) is 0 Å². The molecule has 1 aromatic heterocycles. The van der Waals surface area contributed by atoms with Gasteiger partial charge in [0.15, 0.2) is 0 Å². The summed E-state index contributed by atoms with van der Waals surface area (Å²) < 4.78 is 16.5. The van der Waals surface area contributed by atoms with E-state index in [4.69, 9.17) is 0 Å². The van der Waals surface area contributed by atoms with Crippen molar-refractivity contribution in [2.24, 2.45) is 7.05 Å². The third-order valence-corrected chi connectivity index (χ3v) is 7.10. The van der Waals surface area contributed by atoms with Crippen LogP contribution in [0.5, 0.6) is 0 Å². The highest BCUT2D eigenvalue weighted by Gasteiger charge is 2.49. The molecule has 0 saturated heterocycles. The van der Waals surface area contributed by atoms with E-state index >= 15 is 3.89 Å². The predicted molar refractivity (Wildman–Crippen MR) is 81.0 cm³/mol. The minimum Gasteiger partial charge on any atom is -0.261 e. The summed E-state index contributed by atoms with van der Waals surface area (Å²) in [5.74, 6) is 0. The lowest BCUT2D eigenvalue weighted by atomic mass is 10.2. The van der Waals surface area contributed by atoms with Crippen molar-refractivity contribution in [2.75, 3.05) is 0 Å². The third-order valence-electron chi connectivity index (χ3n) is 2.75. The summed E-state index contributed by atoms with van der Waals surface area (Å²) in [6.45, 7) is 15.8. The first-order valence-electron chi connectivity index (χ1n) is 6.52. The zero-order valence-corrected chi connectivity index (χ0v) is 14.2. The van der Waals surface area contributed by atoms with Crippen molar-refractivity contribution in [3.63, 3.8) is 0 Å². The molecule has 2 nitrogen and oxygen atoms in total. The summed E-state index contributed by atoms with van der Waals surface area (Å²) in [5.41, 5.74) is 0. The Morgan fingerprint density at radius 1 is 1.06 bits per heavy atom. The van der Waals surface area contributed by atoms with Gasteiger partial charge in [0, 0.05) is 16.5 Å². The van der Waals surface area contributed by atoms with Gasteiger partial charge >= 0.3 is 0 Å². The first-order chi connectivity index (χ1) is 8.02. The molecule has 4 heteroatoms. The van der Waals surface area contributed by atoms with Crippen LogP contribution in [-0.2, 0) is 7.05 Å². The van der Waals surface area contributed by atoms with Gasteiger partial charge in [-0.1, -0.05) is 13.8 Å². The smallest absolute Gasteiger partial charge is 0.104 e. The number of rotatable bonds is 1. The first kappa shape index (κ1) is 17.5. The van der Waals surface area contributed by atoms with Crippen LogP contribution >= 0.6 is 10.4 Å². The molecule has 18 heavy (non-hydrogen) atoms. The van der Waals surface area contributed by atoms with Gasteiger partial charge in [-0.25, -0.2) is 0 Å². The SMILES string of the molecule is CC.Cn1nccc1S(F)(C(C)(C)C)C(C)(C)C. The molecule has 0 aromatic carbocycles. The Morgan fingerprint density at radius 3 is 1.67 bits per heavy atom. The maximum Gasteiger partial charge on any atom is 0.104 e. The van der Waals surface area contributed by atoms with Crippen LogP contribution in [0.3, 0.4) is 0 Å². The molecule has 0 fully saturated rings. The number of aromatic nitrogens is 2. The maximum absolute atomic E-state index is 15.7. The van der Waals surface area contributed by atoms with E-state index in [2.05, 4.69) is 5.10 Å². The van der Waals surface area contributed by atoms with E-state index < -0.39 is 10.4 Å². The van der Waals surface area contributed by atoms with Gasteiger partial charge in [-0.15, -0.1) is 0 Å². The lowest BCUT2D eigenvalue weighted by molar-refractivity contribution is 0.603. The number of nitrogens with zero attached hydrogens (tertiary/aromatic N) is 2. The second kappa shape index (κ2) is 5.64. The standard InChI is InChI=1S/C12H23FN2S.C2H6/c1-11(2,3)16(13,12(4,5)6)10-8-9-14-15(10)7;1-2/h8-9H,1-7H3;1-2H3. The average molecular weight is 276 g/mol. The van der Waals surface area contributed by atoms with Crippen LogP contribution in [0, 0.1) is 0 Å². The van der Waals surface area contributed by atoms with Crippen LogP contribution in [-0.4, -0.2) is 19.3 Å². The molecule has 0 spiro atoms. The molecule has 0 amide bonds. The van der Waals surface area contributed by atoms with Crippen LogP contribution in [0.1, 0.15) is 55.4 Å². The van der Waals surface area contributed by atoms with E-state index in [1.807, 2.05) is 68.5 Å². The predicted octanol–water partition coefficient (Wildman–Crippen LogP) is 5.09. The van der Waals surface area contributed by atoms with Crippen molar-refractivity contribution < 1.29 is 3.89 Å². The van der Waals surface area contributed by atoms with Crippen molar-refractivity contribution in [1.29, 1.82) is 0 Å². The molecule has 0 unspecified atom stereocenters. The Bertz CT molecular complexity index is 358.